The van der Waals surface area contributed by atoms with Gasteiger partial charge in [-0.05, 0) is 53.6 Å². The van der Waals surface area contributed by atoms with Gasteiger partial charge in [0.25, 0.3) is 0 Å². The standard InChI is InChI=1S/C20H15N3O2/c21-12-13-1-3-14(4-2-13)15-5-7-19(8-6-15)25-20(24)16-9-17(22)11-18(23)10-16/h1-11H,22-23H2. The van der Waals surface area contributed by atoms with Crippen LogP contribution in [0.1, 0.15) is 15.9 Å². The molecule has 0 aliphatic carbocycles. The largest absolute Gasteiger partial charge is 0.423 e. The van der Waals surface area contributed by atoms with Crippen LogP contribution in [0.3, 0.4) is 0 Å². The Morgan fingerprint density at radius 1 is 0.840 bits per heavy atom. The van der Waals surface area contributed by atoms with E-state index in [1.54, 1.807) is 30.3 Å². The van der Waals surface area contributed by atoms with E-state index in [0.29, 0.717) is 28.3 Å². The molecule has 0 aliphatic rings. The van der Waals surface area contributed by atoms with Gasteiger partial charge in [0.15, 0.2) is 0 Å². The van der Waals surface area contributed by atoms with Crippen LogP contribution in [0, 0.1) is 11.3 Å². The lowest BCUT2D eigenvalue weighted by Crippen LogP contribution is -2.09. The lowest BCUT2D eigenvalue weighted by atomic mass is 10.0. The molecule has 5 heteroatoms. The number of nitrogens with two attached hydrogens (primary N) is 2. The summed E-state index contributed by atoms with van der Waals surface area (Å²) in [6.45, 7) is 0. The lowest BCUT2D eigenvalue weighted by molar-refractivity contribution is 0.0735. The molecule has 0 saturated heterocycles. The van der Waals surface area contributed by atoms with Gasteiger partial charge in [0.2, 0.25) is 0 Å². The van der Waals surface area contributed by atoms with Crippen LogP contribution in [0.15, 0.2) is 66.7 Å². The summed E-state index contributed by atoms with van der Waals surface area (Å²) in [5.74, 6) is -0.103. The normalized spacial score (nSPS) is 10.0. The van der Waals surface area contributed by atoms with Gasteiger partial charge in [-0.1, -0.05) is 24.3 Å². The molecule has 3 aromatic carbocycles. The number of nitrogen functional groups attached to an aromatic ring is 2. The van der Waals surface area contributed by atoms with E-state index in [2.05, 4.69) is 6.07 Å². The summed E-state index contributed by atoms with van der Waals surface area (Å²) in [6, 6.07) is 21.1. The monoisotopic (exact) mass is 329 g/mol. The number of carbonyl (C=O) groups is 1. The van der Waals surface area contributed by atoms with Crippen molar-refractivity contribution in [3.05, 3.63) is 77.9 Å². The summed E-state index contributed by atoms with van der Waals surface area (Å²) in [5, 5.41) is 8.83. The van der Waals surface area contributed by atoms with Crippen LogP contribution in [0.25, 0.3) is 11.1 Å². The fourth-order valence-corrected chi connectivity index (χ4v) is 2.41. The van der Waals surface area contributed by atoms with Crippen LogP contribution in [-0.2, 0) is 0 Å². The summed E-state index contributed by atoms with van der Waals surface area (Å²) in [4.78, 5) is 12.2. The molecule has 0 atom stereocenters. The second-order valence-corrected chi connectivity index (χ2v) is 5.49. The second-order valence-electron chi connectivity index (χ2n) is 5.49. The minimum absolute atomic E-state index is 0.300. The van der Waals surface area contributed by atoms with Crippen LogP contribution >= 0.6 is 0 Å². The smallest absolute Gasteiger partial charge is 0.343 e. The Kier molecular flexibility index (Phi) is 4.36. The number of hydrogen-bond acceptors (Lipinski definition) is 5. The molecule has 3 rings (SSSR count). The van der Waals surface area contributed by atoms with Gasteiger partial charge in [-0.25, -0.2) is 4.79 Å². The van der Waals surface area contributed by atoms with Crippen molar-refractivity contribution in [2.24, 2.45) is 0 Å². The number of esters is 1. The molecule has 0 aromatic heterocycles. The molecular formula is C20H15N3O2. The van der Waals surface area contributed by atoms with E-state index in [9.17, 15) is 4.79 Å². The molecule has 0 spiro atoms. The fraction of sp³-hybridized carbons (Fsp3) is 0. The molecule has 0 bridgehead atoms. The Balaban J connectivity index is 1.76. The molecule has 5 nitrogen and oxygen atoms in total. The van der Waals surface area contributed by atoms with Crippen molar-refractivity contribution in [2.75, 3.05) is 11.5 Å². The minimum atomic E-state index is -0.523. The molecule has 122 valence electrons. The molecule has 0 amide bonds. The van der Waals surface area contributed by atoms with E-state index in [-0.39, 0.29) is 0 Å². The van der Waals surface area contributed by atoms with Gasteiger partial charge in [0, 0.05) is 11.4 Å². The number of benzene rings is 3. The number of ether oxygens (including phenoxy) is 1. The molecule has 0 heterocycles. The average molecular weight is 329 g/mol. The highest BCUT2D eigenvalue weighted by Crippen LogP contribution is 2.24. The van der Waals surface area contributed by atoms with E-state index in [0.717, 1.165) is 11.1 Å². The van der Waals surface area contributed by atoms with Gasteiger partial charge >= 0.3 is 5.97 Å². The first-order valence-corrected chi connectivity index (χ1v) is 7.54. The predicted molar refractivity (Wildman–Crippen MR) is 96.8 cm³/mol. The zero-order valence-corrected chi connectivity index (χ0v) is 13.3. The van der Waals surface area contributed by atoms with Gasteiger partial charge in [-0.15, -0.1) is 0 Å². The van der Waals surface area contributed by atoms with Gasteiger partial charge in [-0.3, -0.25) is 0 Å². The maximum Gasteiger partial charge on any atom is 0.343 e. The van der Waals surface area contributed by atoms with Crippen molar-refractivity contribution in [3.63, 3.8) is 0 Å². The Labute approximate surface area is 145 Å². The Bertz CT molecular complexity index is 935. The quantitative estimate of drug-likeness (QED) is 0.434. The molecule has 0 unspecified atom stereocenters. The fourth-order valence-electron chi connectivity index (χ4n) is 2.41. The Morgan fingerprint density at radius 3 is 1.88 bits per heavy atom. The molecule has 3 aromatic rings. The van der Waals surface area contributed by atoms with Crippen molar-refractivity contribution in [1.29, 1.82) is 5.26 Å². The van der Waals surface area contributed by atoms with Gasteiger partial charge < -0.3 is 16.2 Å². The van der Waals surface area contributed by atoms with E-state index in [1.165, 1.54) is 12.1 Å². The highest BCUT2D eigenvalue weighted by atomic mass is 16.5. The van der Waals surface area contributed by atoms with Crippen molar-refractivity contribution in [3.8, 4) is 22.9 Å². The molecular weight excluding hydrogens is 314 g/mol. The number of hydrogen-bond donors (Lipinski definition) is 2. The molecule has 0 radical (unpaired) electrons. The van der Waals surface area contributed by atoms with Crippen LogP contribution < -0.4 is 16.2 Å². The van der Waals surface area contributed by atoms with Crippen LogP contribution in [-0.4, -0.2) is 5.97 Å². The SMILES string of the molecule is N#Cc1ccc(-c2ccc(OC(=O)c3cc(N)cc(N)c3)cc2)cc1. The van der Waals surface area contributed by atoms with Gasteiger partial charge in [0.1, 0.15) is 5.75 Å². The number of carbonyl (C=O) groups excluding carboxylic acids is 1. The summed E-state index contributed by atoms with van der Waals surface area (Å²) in [5.41, 5.74) is 15.0. The lowest BCUT2D eigenvalue weighted by Gasteiger charge is -2.07. The Hall–Kier alpha value is -3.78. The summed E-state index contributed by atoms with van der Waals surface area (Å²) >= 11 is 0. The molecule has 4 N–H and O–H groups in total. The Morgan fingerprint density at radius 2 is 1.36 bits per heavy atom. The number of anilines is 2. The third kappa shape index (κ3) is 3.77. The third-order valence-electron chi connectivity index (χ3n) is 3.63. The highest BCUT2D eigenvalue weighted by molar-refractivity contribution is 5.93. The van der Waals surface area contributed by atoms with Crippen molar-refractivity contribution in [1.82, 2.24) is 0 Å². The second kappa shape index (κ2) is 6.77. The molecule has 0 saturated carbocycles. The average Bonchev–Trinajstić information content (AvgIpc) is 2.61. The van der Waals surface area contributed by atoms with E-state index in [4.69, 9.17) is 21.5 Å². The first-order chi connectivity index (χ1) is 12.0. The van der Waals surface area contributed by atoms with Crippen LogP contribution in [0.5, 0.6) is 5.75 Å². The number of rotatable bonds is 3. The zero-order chi connectivity index (χ0) is 17.8. The molecule has 25 heavy (non-hydrogen) atoms. The van der Waals surface area contributed by atoms with E-state index < -0.39 is 5.97 Å². The molecule has 0 aliphatic heterocycles. The van der Waals surface area contributed by atoms with Crippen molar-refractivity contribution >= 4 is 17.3 Å². The highest BCUT2D eigenvalue weighted by Gasteiger charge is 2.10. The summed E-state index contributed by atoms with van der Waals surface area (Å²) in [7, 11) is 0. The van der Waals surface area contributed by atoms with Gasteiger partial charge in [-0.2, -0.15) is 5.26 Å². The predicted octanol–water partition coefficient (Wildman–Crippen LogP) is 3.61. The number of nitriles is 1. The maximum atomic E-state index is 12.2. The van der Waals surface area contributed by atoms with E-state index in [1.807, 2.05) is 24.3 Å². The molecule has 0 fully saturated rings. The van der Waals surface area contributed by atoms with Crippen molar-refractivity contribution in [2.45, 2.75) is 0 Å². The minimum Gasteiger partial charge on any atom is -0.423 e. The zero-order valence-electron chi connectivity index (χ0n) is 13.3. The first kappa shape index (κ1) is 16.1. The summed E-state index contributed by atoms with van der Waals surface area (Å²) < 4.78 is 5.34. The maximum absolute atomic E-state index is 12.2. The number of nitrogens with zero attached hydrogens (tertiary/aromatic N) is 1. The van der Waals surface area contributed by atoms with Crippen LogP contribution in [0.2, 0.25) is 0 Å². The van der Waals surface area contributed by atoms with Crippen molar-refractivity contribution < 1.29 is 9.53 Å². The van der Waals surface area contributed by atoms with Crippen LogP contribution in [0.4, 0.5) is 11.4 Å². The van der Waals surface area contributed by atoms with E-state index >= 15 is 0 Å². The first-order valence-electron chi connectivity index (χ1n) is 7.54. The summed E-state index contributed by atoms with van der Waals surface area (Å²) in [6.07, 6.45) is 0. The van der Waals surface area contributed by atoms with Gasteiger partial charge in [0.05, 0.1) is 17.2 Å². The topological polar surface area (TPSA) is 102 Å². The third-order valence-corrected chi connectivity index (χ3v) is 3.63.